The van der Waals surface area contributed by atoms with Crippen molar-refractivity contribution in [3.63, 3.8) is 0 Å². The number of aryl methyl sites for hydroxylation is 1. The van der Waals surface area contributed by atoms with Crippen LogP contribution in [0.5, 0.6) is 0 Å². The maximum absolute atomic E-state index is 12.5. The molecule has 0 radical (unpaired) electrons. The minimum atomic E-state index is -0.689. The van der Waals surface area contributed by atoms with E-state index in [0.717, 1.165) is 5.69 Å². The number of pyridine rings is 1. The minimum Gasteiger partial charge on any atom is -0.367 e. The molecule has 3 nitrogen and oxygen atoms in total. The van der Waals surface area contributed by atoms with Gasteiger partial charge in [0.1, 0.15) is 5.60 Å². The first-order valence-corrected chi connectivity index (χ1v) is 6.21. The van der Waals surface area contributed by atoms with Crippen molar-refractivity contribution in [3.8, 4) is 0 Å². The molecule has 1 rings (SSSR count). The number of hydrogen-bond donors (Lipinski definition) is 0. The van der Waals surface area contributed by atoms with Crippen LogP contribution in [0.1, 0.15) is 49.7 Å². The van der Waals surface area contributed by atoms with Crippen molar-refractivity contribution in [1.29, 1.82) is 0 Å². The number of rotatable bonds is 6. The molecule has 0 saturated heterocycles. The van der Waals surface area contributed by atoms with E-state index in [4.69, 9.17) is 4.74 Å². The number of carbonyl (C=O) groups excluding carboxylic acids is 1. The van der Waals surface area contributed by atoms with E-state index in [0.29, 0.717) is 25.0 Å². The second-order valence-corrected chi connectivity index (χ2v) is 4.15. The monoisotopic (exact) mass is 235 g/mol. The summed E-state index contributed by atoms with van der Waals surface area (Å²) in [5, 5.41) is 0. The van der Waals surface area contributed by atoms with Crippen LogP contribution in [-0.2, 0) is 4.74 Å². The lowest BCUT2D eigenvalue weighted by atomic mass is 9.88. The molecule has 1 heterocycles. The molecule has 0 aromatic carbocycles. The Morgan fingerprint density at radius 1 is 1.29 bits per heavy atom. The fourth-order valence-electron chi connectivity index (χ4n) is 1.98. The van der Waals surface area contributed by atoms with Crippen molar-refractivity contribution < 1.29 is 9.53 Å². The molecule has 0 aliphatic heterocycles. The van der Waals surface area contributed by atoms with Gasteiger partial charge in [-0.2, -0.15) is 0 Å². The summed E-state index contributed by atoms with van der Waals surface area (Å²) in [7, 11) is 0. The van der Waals surface area contributed by atoms with Gasteiger partial charge in [0.2, 0.25) is 0 Å². The molecule has 0 fully saturated rings. The highest BCUT2D eigenvalue weighted by molar-refractivity contribution is 6.02. The number of ether oxygens (including phenoxy) is 1. The Morgan fingerprint density at radius 3 is 2.35 bits per heavy atom. The van der Waals surface area contributed by atoms with Crippen molar-refractivity contribution in [1.82, 2.24) is 4.98 Å². The smallest absolute Gasteiger partial charge is 0.196 e. The molecule has 0 atom stereocenters. The standard InChI is InChI=1S/C14H21NO2/c1-5-14(6-2,17-7-3)13(16)12-9-8-11(4)15-10-12/h8-10H,5-7H2,1-4H3. The summed E-state index contributed by atoms with van der Waals surface area (Å²) >= 11 is 0. The van der Waals surface area contributed by atoms with E-state index in [2.05, 4.69) is 4.98 Å². The van der Waals surface area contributed by atoms with Gasteiger partial charge in [-0.3, -0.25) is 9.78 Å². The fraction of sp³-hybridized carbons (Fsp3) is 0.571. The number of hydrogen-bond acceptors (Lipinski definition) is 3. The summed E-state index contributed by atoms with van der Waals surface area (Å²) in [6.45, 7) is 8.34. The van der Waals surface area contributed by atoms with Crippen molar-refractivity contribution in [2.45, 2.75) is 46.1 Å². The molecule has 0 aliphatic carbocycles. The zero-order chi connectivity index (χ0) is 12.9. The van der Waals surface area contributed by atoms with Gasteiger partial charge >= 0.3 is 0 Å². The molecule has 1 aromatic heterocycles. The zero-order valence-corrected chi connectivity index (χ0v) is 11.1. The van der Waals surface area contributed by atoms with Crippen LogP contribution < -0.4 is 0 Å². The highest BCUT2D eigenvalue weighted by Gasteiger charge is 2.36. The van der Waals surface area contributed by atoms with E-state index < -0.39 is 5.60 Å². The Labute approximate surface area is 103 Å². The van der Waals surface area contributed by atoms with Gasteiger partial charge in [0.05, 0.1) is 0 Å². The number of ketones is 1. The molecule has 0 bridgehead atoms. The molecule has 0 aliphatic rings. The third-order valence-corrected chi connectivity index (χ3v) is 3.15. The summed E-state index contributed by atoms with van der Waals surface area (Å²) in [4.78, 5) is 16.6. The quantitative estimate of drug-likeness (QED) is 0.711. The molecule has 0 amide bonds. The van der Waals surface area contributed by atoms with Crippen molar-refractivity contribution in [2.24, 2.45) is 0 Å². The molecule has 0 unspecified atom stereocenters. The normalized spacial score (nSPS) is 11.5. The Bertz CT molecular complexity index is 366. The SMILES string of the molecule is CCOC(CC)(CC)C(=O)c1ccc(C)nc1. The average Bonchev–Trinajstić information content (AvgIpc) is 2.36. The summed E-state index contributed by atoms with van der Waals surface area (Å²) in [5.41, 5.74) is 0.857. The molecule has 0 spiro atoms. The van der Waals surface area contributed by atoms with Gasteiger partial charge in [-0.25, -0.2) is 0 Å². The number of carbonyl (C=O) groups is 1. The van der Waals surface area contributed by atoms with Crippen LogP contribution in [0.25, 0.3) is 0 Å². The first-order valence-electron chi connectivity index (χ1n) is 6.21. The summed E-state index contributed by atoms with van der Waals surface area (Å²) in [6, 6.07) is 3.68. The second-order valence-electron chi connectivity index (χ2n) is 4.15. The van der Waals surface area contributed by atoms with Gasteiger partial charge in [-0.1, -0.05) is 13.8 Å². The van der Waals surface area contributed by atoms with Gasteiger partial charge in [0, 0.05) is 24.1 Å². The van der Waals surface area contributed by atoms with Crippen LogP contribution in [0.3, 0.4) is 0 Å². The maximum atomic E-state index is 12.5. The number of aromatic nitrogens is 1. The van der Waals surface area contributed by atoms with Gasteiger partial charge in [-0.15, -0.1) is 0 Å². The van der Waals surface area contributed by atoms with Crippen LogP contribution in [0.4, 0.5) is 0 Å². The predicted octanol–water partition coefficient (Wildman–Crippen LogP) is 3.17. The second kappa shape index (κ2) is 5.92. The van der Waals surface area contributed by atoms with Gasteiger partial charge in [-0.05, 0) is 38.8 Å². The zero-order valence-electron chi connectivity index (χ0n) is 11.1. The number of nitrogens with zero attached hydrogens (tertiary/aromatic N) is 1. The number of Topliss-reactive ketones (excluding diaryl/α,β-unsaturated/α-hetero) is 1. The predicted molar refractivity (Wildman–Crippen MR) is 68.2 cm³/mol. The Hall–Kier alpha value is -1.22. The average molecular weight is 235 g/mol. The molecule has 94 valence electrons. The van der Waals surface area contributed by atoms with Gasteiger partial charge in [0.15, 0.2) is 5.78 Å². The van der Waals surface area contributed by atoms with Crippen LogP contribution in [-0.4, -0.2) is 23.0 Å². The molecule has 0 saturated carbocycles. The fourth-order valence-corrected chi connectivity index (χ4v) is 1.98. The summed E-state index contributed by atoms with van der Waals surface area (Å²) in [6.07, 6.45) is 3.00. The Morgan fingerprint density at radius 2 is 1.94 bits per heavy atom. The van der Waals surface area contributed by atoms with Crippen molar-refractivity contribution in [2.75, 3.05) is 6.61 Å². The van der Waals surface area contributed by atoms with Crippen LogP contribution in [0, 0.1) is 6.92 Å². The van der Waals surface area contributed by atoms with Crippen LogP contribution in [0.15, 0.2) is 18.3 Å². The van der Waals surface area contributed by atoms with Crippen LogP contribution in [0.2, 0.25) is 0 Å². The first kappa shape index (κ1) is 13.8. The molecular weight excluding hydrogens is 214 g/mol. The lowest BCUT2D eigenvalue weighted by molar-refractivity contribution is -0.0250. The molecule has 1 aromatic rings. The third-order valence-electron chi connectivity index (χ3n) is 3.15. The Balaban J connectivity index is 3.03. The van der Waals surface area contributed by atoms with E-state index in [1.54, 1.807) is 6.20 Å². The molecule has 17 heavy (non-hydrogen) atoms. The van der Waals surface area contributed by atoms with Gasteiger partial charge < -0.3 is 4.74 Å². The molecule has 0 N–H and O–H groups in total. The van der Waals surface area contributed by atoms with Gasteiger partial charge in [0.25, 0.3) is 0 Å². The van der Waals surface area contributed by atoms with E-state index in [1.807, 2.05) is 39.8 Å². The third kappa shape index (κ3) is 2.91. The summed E-state index contributed by atoms with van der Waals surface area (Å²) in [5.74, 6) is 0.0388. The maximum Gasteiger partial charge on any atom is 0.196 e. The van der Waals surface area contributed by atoms with Crippen molar-refractivity contribution in [3.05, 3.63) is 29.6 Å². The van der Waals surface area contributed by atoms with E-state index in [-0.39, 0.29) is 5.78 Å². The molecule has 3 heteroatoms. The minimum absolute atomic E-state index is 0.0388. The highest BCUT2D eigenvalue weighted by Crippen LogP contribution is 2.25. The largest absolute Gasteiger partial charge is 0.367 e. The lowest BCUT2D eigenvalue weighted by Crippen LogP contribution is -2.40. The van der Waals surface area contributed by atoms with Crippen LogP contribution >= 0.6 is 0 Å². The first-order chi connectivity index (χ1) is 8.09. The lowest BCUT2D eigenvalue weighted by Gasteiger charge is -2.29. The van der Waals surface area contributed by atoms with E-state index in [9.17, 15) is 4.79 Å². The summed E-state index contributed by atoms with van der Waals surface area (Å²) < 4.78 is 5.70. The van der Waals surface area contributed by atoms with E-state index >= 15 is 0 Å². The van der Waals surface area contributed by atoms with Crippen molar-refractivity contribution >= 4 is 5.78 Å². The Kier molecular flexibility index (Phi) is 4.82. The molecular formula is C14H21NO2. The topological polar surface area (TPSA) is 39.2 Å². The highest BCUT2D eigenvalue weighted by atomic mass is 16.5. The van der Waals surface area contributed by atoms with E-state index in [1.165, 1.54) is 0 Å².